The van der Waals surface area contributed by atoms with E-state index in [0.29, 0.717) is 9.80 Å². The summed E-state index contributed by atoms with van der Waals surface area (Å²) < 4.78 is 69.3. The Kier molecular flexibility index (Phi) is 6.37. The van der Waals surface area contributed by atoms with Gasteiger partial charge in [-0.1, -0.05) is 31.2 Å². The molecule has 1 aliphatic rings. The van der Waals surface area contributed by atoms with Gasteiger partial charge in [0.2, 0.25) is 11.8 Å². The maximum Gasteiger partial charge on any atom is 0.333 e. The molecule has 0 saturated carbocycles. The first-order valence-electron chi connectivity index (χ1n) is 9.28. The number of barbiturate groups is 1. The molecule has 0 N–H and O–H groups in total. The zero-order valence-corrected chi connectivity index (χ0v) is 16.2. The summed E-state index contributed by atoms with van der Waals surface area (Å²) in [4.78, 5) is 38.1. The Morgan fingerprint density at radius 1 is 0.806 bits per heavy atom. The van der Waals surface area contributed by atoms with Crippen molar-refractivity contribution >= 4 is 17.8 Å². The molecule has 3 rings (SSSR count). The first-order valence-corrected chi connectivity index (χ1v) is 9.28. The maximum absolute atomic E-state index is 14.6. The third-order valence-electron chi connectivity index (χ3n) is 5.00. The molecule has 1 fully saturated rings. The Bertz CT molecular complexity index is 966. The fraction of sp³-hybridized carbons (Fsp3) is 0.286. The molecule has 0 unspecified atom stereocenters. The molecule has 0 spiro atoms. The first-order chi connectivity index (χ1) is 14.6. The van der Waals surface area contributed by atoms with E-state index in [1.54, 1.807) is 0 Å². The van der Waals surface area contributed by atoms with E-state index >= 15 is 0 Å². The lowest BCUT2D eigenvalue weighted by atomic mass is 9.99. The van der Waals surface area contributed by atoms with Crippen LogP contribution in [0.5, 0.6) is 0 Å². The fourth-order valence-electron chi connectivity index (χ4n) is 3.33. The second-order valence-corrected chi connectivity index (χ2v) is 7.12. The van der Waals surface area contributed by atoms with E-state index < -0.39 is 78.3 Å². The number of halogens is 5. The summed E-state index contributed by atoms with van der Waals surface area (Å²) in [7, 11) is 0. The van der Waals surface area contributed by atoms with E-state index in [2.05, 4.69) is 0 Å². The highest BCUT2D eigenvalue weighted by molar-refractivity contribution is 6.14. The van der Waals surface area contributed by atoms with Gasteiger partial charge >= 0.3 is 6.03 Å². The number of amides is 4. The molecule has 0 bridgehead atoms. The molecule has 0 aliphatic carbocycles. The molecular weight excluding hydrogens is 423 g/mol. The van der Waals surface area contributed by atoms with Gasteiger partial charge in [-0.05, 0) is 17.7 Å². The second-order valence-electron chi connectivity index (χ2n) is 7.12. The molecule has 10 heteroatoms. The monoisotopic (exact) mass is 440 g/mol. The number of carbonyl (C=O) groups is 3. The highest BCUT2D eigenvalue weighted by Crippen LogP contribution is 2.27. The Balaban J connectivity index is 1.80. The number of carbonyl (C=O) groups excluding carboxylic acids is 3. The van der Waals surface area contributed by atoms with Crippen LogP contribution in [0.2, 0.25) is 0 Å². The van der Waals surface area contributed by atoms with Gasteiger partial charge in [0, 0.05) is 18.0 Å². The van der Waals surface area contributed by atoms with Crippen molar-refractivity contribution in [1.29, 1.82) is 0 Å². The maximum atomic E-state index is 14.6. The molecule has 0 aromatic heterocycles. The number of hydrogen-bond acceptors (Lipinski definition) is 3. The minimum Gasteiger partial charge on any atom is -0.274 e. The van der Waals surface area contributed by atoms with Gasteiger partial charge in [0.25, 0.3) is 0 Å². The van der Waals surface area contributed by atoms with Gasteiger partial charge in [-0.25, -0.2) is 26.7 Å². The number of hydrogen-bond donors (Lipinski definition) is 0. The summed E-state index contributed by atoms with van der Waals surface area (Å²) >= 11 is 0. The summed E-state index contributed by atoms with van der Waals surface area (Å²) in [6, 6.07) is 5.12. The summed E-state index contributed by atoms with van der Waals surface area (Å²) in [6.45, 7) is 0.108. The average Bonchev–Trinajstić information content (AvgIpc) is 2.72. The van der Waals surface area contributed by atoms with Gasteiger partial charge in [0.05, 0.1) is 6.54 Å². The Morgan fingerprint density at radius 3 is 1.87 bits per heavy atom. The molecular formula is C21H17F5N2O3. The number of alkyl halides is 1. The van der Waals surface area contributed by atoms with Gasteiger partial charge < -0.3 is 0 Å². The number of imide groups is 2. The van der Waals surface area contributed by atoms with Crippen LogP contribution in [0, 0.1) is 23.3 Å². The molecule has 1 heterocycles. The quantitative estimate of drug-likeness (QED) is 0.499. The molecule has 1 aliphatic heterocycles. The average molecular weight is 440 g/mol. The largest absolute Gasteiger partial charge is 0.333 e. The zero-order valence-electron chi connectivity index (χ0n) is 16.2. The van der Waals surface area contributed by atoms with Crippen LogP contribution in [0.4, 0.5) is 26.7 Å². The van der Waals surface area contributed by atoms with Crippen molar-refractivity contribution < 1.29 is 36.3 Å². The van der Waals surface area contributed by atoms with Crippen molar-refractivity contribution in [3.63, 3.8) is 0 Å². The Hall–Kier alpha value is -3.30. The SMILES string of the molecule is C[C@H](CN1C(=O)CC(=O)N(C[C@@H](F)c2cccc(F)c2F)C1=O)c1cccc(F)c1F. The number of rotatable bonds is 6. The topological polar surface area (TPSA) is 57.7 Å². The summed E-state index contributed by atoms with van der Waals surface area (Å²) in [5.74, 6) is -7.70. The van der Waals surface area contributed by atoms with Crippen LogP contribution in [0.3, 0.4) is 0 Å². The van der Waals surface area contributed by atoms with Gasteiger partial charge in [-0.3, -0.25) is 19.4 Å². The molecule has 5 nitrogen and oxygen atoms in total. The van der Waals surface area contributed by atoms with E-state index in [1.165, 1.54) is 19.1 Å². The molecule has 31 heavy (non-hydrogen) atoms. The molecule has 2 atom stereocenters. The van der Waals surface area contributed by atoms with Crippen molar-refractivity contribution in [3.8, 4) is 0 Å². The summed E-state index contributed by atoms with van der Waals surface area (Å²) in [5.41, 5.74) is -0.770. The highest BCUT2D eigenvalue weighted by Gasteiger charge is 2.40. The standard InChI is InChI=1S/C21H17F5N2O3/c1-11(12-4-2-6-14(22)19(12)25)9-27-17(29)8-18(30)28(21(27)31)10-16(24)13-5-3-7-15(23)20(13)26/h2-7,11,16H,8-10H2,1H3/t11-,16-/m1/s1. The Labute approximate surface area is 174 Å². The van der Waals surface area contributed by atoms with Crippen molar-refractivity contribution in [1.82, 2.24) is 9.80 Å². The lowest BCUT2D eigenvalue weighted by Crippen LogP contribution is -2.56. The number of benzene rings is 2. The van der Waals surface area contributed by atoms with Gasteiger partial charge in [-0.2, -0.15) is 0 Å². The number of urea groups is 1. The first kappa shape index (κ1) is 22.4. The summed E-state index contributed by atoms with van der Waals surface area (Å²) in [6.07, 6.45) is -3.00. The fourth-order valence-corrected chi connectivity index (χ4v) is 3.33. The van der Waals surface area contributed by atoms with Crippen molar-refractivity contribution in [2.45, 2.75) is 25.4 Å². The van der Waals surface area contributed by atoms with E-state index in [1.807, 2.05) is 0 Å². The zero-order chi connectivity index (χ0) is 22.9. The molecule has 1 saturated heterocycles. The minimum atomic E-state index is -2.24. The van der Waals surface area contributed by atoms with Crippen LogP contribution >= 0.6 is 0 Å². The van der Waals surface area contributed by atoms with E-state index in [9.17, 15) is 36.3 Å². The molecule has 4 amide bonds. The van der Waals surface area contributed by atoms with Crippen molar-refractivity contribution in [3.05, 3.63) is 70.8 Å². The second kappa shape index (κ2) is 8.83. The van der Waals surface area contributed by atoms with Crippen LogP contribution in [0.15, 0.2) is 36.4 Å². The van der Waals surface area contributed by atoms with Gasteiger partial charge in [0.15, 0.2) is 23.3 Å². The molecule has 0 radical (unpaired) electrons. The van der Waals surface area contributed by atoms with E-state index in [-0.39, 0.29) is 5.56 Å². The lowest BCUT2D eigenvalue weighted by molar-refractivity contribution is -0.143. The van der Waals surface area contributed by atoms with Gasteiger partial charge in [-0.15, -0.1) is 0 Å². The van der Waals surface area contributed by atoms with Crippen molar-refractivity contribution in [2.24, 2.45) is 0 Å². The van der Waals surface area contributed by atoms with Crippen LogP contribution in [0.25, 0.3) is 0 Å². The Morgan fingerprint density at radius 2 is 1.29 bits per heavy atom. The van der Waals surface area contributed by atoms with E-state index in [4.69, 9.17) is 0 Å². The van der Waals surface area contributed by atoms with Gasteiger partial charge in [0.1, 0.15) is 12.6 Å². The van der Waals surface area contributed by atoms with Crippen LogP contribution in [-0.4, -0.2) is 40.7 Å². The minimum absolute atomic E-state index is 0.0887. The number of nitrogens with zero attached hydrogens (tertiary/aromatic N) is 2. The predicted molar refractivity (Wildman–Crippen MR) is 98.4 cm³/mol. The van der Waals surface area contributed by atoms with E-state index in [0.717, 1.165) is 24.3 Å². The molecule has 164 valence electrons. The highest BCUT2D eigenvalue weighted by atomic mass is 19.2. The lowest BCUT2D eigenvalue weighted by Gasteiger charge is -2.34. The third-order valence-corrected chi connectivity index (χ3v) is 5.00. The van der Waals surface area contributed by atoms with Crippen LogP contribution in [-0.2, 0) is 9.59 Å². The predicted octanol–water partition coefficient (Wildman–Crippen LogP) is 4.24. The molecule has 2 aromatic rings. The van der Waals surface area contributed by atoms with Crippen LogP contribution in [0.1, 0.15) is 36.6 Å². The third kappa shape index (κ3) is 4.42. The summed E-state index contributed by atoms with van der Waals surface area (Å²) in [5, 5.41) is 0. The van der Waals surface area contributed by atoms with Crippen LogP contribution < -0.4 is 0 Å². The smallest absolute Gasteiger partial charge is 0.274 e. The normalized spacial score (nSPS) is 16.6. The molecule has 2 aromatic carbocycles. The van der Waals surface area contributed by atoms with Crippen molar-refractivity contribution in [2.75, 3.05) is 13.1 Å².